The van der Waals surface area contributed by atoms with Crippen LogP contribution >= 0.6 is 0 Å². The lowest BCUT2D eigenvalue weighted by atomic mass is 9.93. The summed E-state index contributed by atoms with van der Waals surface area (Å²) in [6, 6.07) is 3.30. The fraction of sp³-hybridized carbons (Fsp3) is 0.632. The molecular weight excluding hydrogens is 305 g/mol. The molecule has 0 bridgehead atoms. The maximum absolute atomic E-state index is 13.7. The first-order valence-corrected chi connectivity index (χ1v) is 8.95. The van der Waals surface area contributed by atoms with E-state index in [4.69, 9.17) is 5.73 Å². The largest absolute Gasteiger partial charge is 0.398 e. The zero-order chi connectivity index (χ0) is 17.3. The van der Waals surface area contributed by atoms with Gasteiger partial charge in [0.2, 0.25) is 0 Å². The van der Waals surface area contributed by atoms with E-state index in [0.717, 1.165) is 56.4 Å². The standard InChI is InChI=1S/C19H28FN3O/c1-14-11-22(12-16-9-17(20)10-18(21)15(16)2)7-8-23(14)19(13-24)5-3-4-6-19/h9-10,13-14H,3-8,11-12,21H2,1-2H3/t14-/m0/s1. The molecule has 1 heterocycles. The van der Waals surface area contributed by atoms with Crippen molar-refractivity contribution in [3.63, 3.8) is 0 Å². The first-order chi connectivity index (χ1) is 11.4. The number of halogens is 1. The third kappa shape index (κ3) is 3.20. The van der Waals surface area contributed by atoms with Crippen LogP contribution in [0.15, 0.2) is 12.1 Å². The Morgan fingerprint density at radius 2 is 2.04 bits per heavy atom. The third-order valence-corrected chi connectivity index (χ3v) is 5.89. The van der Waals surface area contributed by atoms with Crippen molar-refractivity contribution in [3.05, 3.63) is 29.1 Å². The van der Waals surface area contributed by atoms with E-state index in [9.17, 15) is 9.18 Å². The maximum atomic E-state index is 13.7. The summed E-state index contributed by atoms with van der Waals surface area (Å²) in [5, 5.41) is 0. The minimum Gasteiger partial charge on any atom is -0.398 e. The van der Waals surface area contributed by atoms with Gasteiger partial charge in [0.05, 0.1) is 5.54 Å². The highest BCUT2D eigenvalue weighted by Crippen LogP contribution is 2.36. The molecule has 1 saturated carbocycles. The summed E-state index contributed by atoms with van der Waals surface area (Å²) < 4.78 is 13.7. The van der Waals surface area contributed by atoms with E-state index in [-0.39, 0.29) is 11.4 Å². The first kappa shape index (κ1) is 17.4. The molecule has 0 radical (unpaired) electrons. The average molecular weight is 333 g/mol. The number of benzene rings is 1. The highest BCUT2D eigenvalue weighted by molar-refractivity contribution is 5.65. The second-order valence-corrected chi connectivity index (χ2v) is 7.49. The zero-order valence-electron chi connectivity index (χ0n) is 14.7. The monoisotopic (exact) mass is 333 g/mol. The average Bonchev–Trinajstić information content (AvgIpc) is 3.02. The van der Waals surface area contributed by atoms with Crippen molar-refractivity contribution in [3.8, 4) is 0 Å². The Hall–Kier alpha value is -1.46. The van der Waals surface area contributed by atoms with Gasteiger partial charge in [-0.15, -0.1) is 0 Å². The van der Waals surface area contributed by atoms with Gasteiger partial charge in [-0.25, -0.2) is 4.39 Å². The molecule has 0 aromatic heterocycles. The fourth-order valence-electron chi connectivity index (χ4n) is 4.46. The van der Waals surface area contributed by atoms with Gasteiger partial charge in [0.1, 0.15) is 12.1 Å². The summed E-state index contributed by atoms with van der Waals surface area (Å²) in [5.41, 5.74) is 8.08. The number of nitrogen functional groups attached to an aromatic ring is 1. The predicted octanol–water partition coefficient (Wildman–Crippen LogP) is 2.73. The summed E-state index contributed by atoms with van der Waals surface area (Å²) in [5.74, 6) is -0.273. The number of carbonyl (C=O) groups excluding carboxylic acids is 1. The Bertz CT molecular complexity index is 613. The Balaban J connectivity index is 1.69. The maximum Gasteiger partial charge on any atom is 0.140 e. The van der Waals surface area contributed by atoms with Crippen LogP contribution in [0.5, 0.6) is 0 Å². The second kappa shape index (κ2) is 6.81. The Labute approximate surface area is 143 Å². The van der Waals surface area contributed by atoms with E-state index >= 15 is 0 Å². The highest BCUT2D eigenvalue weighted by Gasteiger charge is 2.43. The Morgan fingerprint density at radius 1 is 1.33 bits per heavy atom. The molecule has 1 aromatic carbocycles. The number of hydrogen-bond acceptors (Lipinski definition) is 4. The van der Waals surface area contributed by atoms with Crippen LogP contribution in [0.4, 0.5) is 10.1 Å². The molecule has 1 atom stereocenters. The lowest BCUT2D eigenvalue weighted by Gasteiger charge is -2.47. The molecule has 2 aliphatic rings. The van der Waals surface area contributed by atoms with Gasteiger partial charge < -0.3 is 10.5 Å². The van der Waals surface area contributed by atoms with Gasteiger partial charge in [0, 0.05) is 37.9 Å². The van der Waals surface area contributed by atoms with Crippen LogP contribution in [0.25, 0.3) is 0 Å². The summed E-state index contributed by atoms with van der Waals surface area (Å²) in [6.45, 7) is 7.54. The smallest absolute Gasteiger partial charge is 0.140 e. The molecule has 3 rings (SSSR count). The van der Waals surface area contributed by atoms with Crippen LogP contribution in [0.1, 0.15) is 43.7 Å². The van der Waals surface area contributed by atoms with Crippen molar-refractivity contribution in [1.29, 1.82) is 0 Å². The summed E-state index contributed by atoms with van der Waals surface area (Å²) >= 11 is 0. The van der Waals surface area contributed by atoms with Crippen molar-refractivity contribution < 1.29 is 9.18 Å². The molecule has 1 aliphatic carbocycles. The minimum atomic E-state index is -0.273. The SMILES string of the molecule is Cc1c(N)cc(F)cc1CN1CCN(C2(C=O)CCCC2)[C@@H](C)C1. The summed E-state index contributed by atoms with van der Waals surface area (Å²) in [4.78, 5) is 16.5. The second-order valence-electron chi connectivity index (χ2n) is 7.49. The highest BCUT2D eigenvalue weighted by atomic mass is 19.1. The molecular formula is C19H28FN3O. The molecule has 0 amide bonds. The van der Waals surface area contributed by atoms with E-state index in [0.29, 0.717) is 18.3 Å². The lowest BCUT2D eigenvalue weighted by molar-refractivity contribution is -0.122. The lowest BCUT2D eigenvalue weighted by Crippen LogP contribution is -2.60. The van der Waals surface area contributed by atoms with Gasteiger partial charge in [-0.2, -0.15) is 0 Å². The molecule has 2 N–H and O–H groups in total. The number of rotatable bonds is 4. The van der Waals surface area contributed by atoms with Crippen LogP contribution in [0, 0.1) is 12.7 Å². The molecule has 132 valence electrons. The molecule has 1 aromatic rings. The molecule has 5 heteroatoms. The molecule has 0 unspecified atom stereocenters. The molecule has 4 nitrogen and oxygen atoms in total. The zero-order valence-corrected chi connectivity index (χ0v) is 14.7. The number of nitrogens with two attached hydrogens (primary N) is 1. The number of carbonyl (C=O) groups is 1. The van der Waals surface area contributed by atoms with Crippen LogP contribution < -0.4 is 5.73 Å². The van der Waals surface area contributed by atoms with Gasteiger partial charge in [0.15, 0.2) is 0 Å². The van der Waals surface area contributed by atoms with Crippen molar-refractivity contribution in [2.75, 3.05) is 25.4 Å². The minimum absolute atomic E-state index is 0.245. The molecule has 0 spiro atoms. The molecule has 24 heavy (non-hydrogen) atoms. The van der Waals surface area contributed by atoms with Gasteiger partial charge in [-0.1, -0.05) is 12.8 Å². The van der Waals surface area contributed by atoms with Crippen molar-refractivity contribution in [2.24, 2.45) is 0 Å². The van der Waals surface area contributed by atoms with E-state index in [2.05, 4.69) is 16.7 Å². The van der Waals surface area contributed by atoms with E-state index in [1.165, 1.54) is 12.4 Å². The summed E-state index contributed by atoms with van der Waals surface area (Å²) in [6.07, 6.45) is 5.45. The number of piperazine rings is 1. The van der Waals surface area contributed by atoms with Gasteiger partial charge in [0.25, 0.3) is 0 Å². The summed E-state index contributed by atoms with van der Waals surface area (Å²) in [7, 11) is 0. The van der Waals surface area contributed by atoms with E-state index in [1.54, 1.807) is 6.07 Å². The Morgan fingerprint density at radius 3 is 2.67 bits per heavy atom. The Kier molecular flexibility index (Phi) is 4.92. The number of hydrogen-bond donors (Lipinski definition) is 1. The number of nitrogens with zero attached hydrogens (tertiary/aromatic N) is 2. The van der Waals surface area contributed by atoms with Crippen LogP contribution in [0.3, 0.4) is 0 Å². The first-order valence-electron chi connectivity index (χ1n) is 8.95. The van der Waals surface area contributed by atoms with Crippen LogP contribution in [0.2, 0.25) is 0 Å². The van der Waals surface area contributed by atoms with Gasteiger partial charge >= 0.3 is 0 Å². The number of aldehydes is 1. The van der Waals surface area contributed by atoms with Crippen LogP contribution in [-0.4, -0.2) is 47.3 Å². The van der Waals surface area contributed by atoms with Gasteiger partial charge in [-0.3, -0.25) is 9.80 Å². The van der Waals surface area contributed by atoms with Gasteiger partial charge in [-0.05, 0) is 49.9 Å². The molecule has 1 aliphatic heterocycles. The van der Waals surface area contributed by atoms with Crippen molar-refractivity contribution >= 4 is 12.0 Å². The fourth-order valence-corrected chi connectivity index (χ4v) is 4.46. The topological polar surface area (TPSA) is 49.6 Å². The quantitative estimate of drug-likeness (QED) is 0.680. The normalized spacial score (nSPS) is 25.0. The predicted molar refractivity (Wildman–Crippen MR) is 94.3 cm³/mol. The van der Waals surface area contributed by atoms with Crippen molar-refractivity contribution in [2.45, 2.75) is 57.7 Å². The molecule has 2 fully saturated rings. The van der Waals surface area contributed by atoms with Crippen molar-refractivity contribution in [1.82, 2.24) is 9.80 Å². The molecule has 1 saturated heterocycles. The van der Waals surface area contributed by atoms with E-state index in [1.807, 2.05) is 6.92 Å². The number of anilines is 1. The van der Waals surface area contributed by atoms with Crippen LogP contribution in [-0.2, 0) is 11.3 Å². The van der Waals surface area contributed by atoms with E-state index < -0.39 is 0 Å². The third-order valence-electron chi connectivity index (χ3n) is 5.89.